The lowest BCUT2D eigenvalue weighted by Gasteiger charge is -2.23. The van der Waals surface area contributed by atoms with Gasteiger partial charge in [-0.3, -0.25) is 9.59 Å². The van der Waals surface area contributed by atoms with Crippen molar-refractivity contribution in [1.29, 1.82) is 0 Å². The molecule has 2 amide bonds. The van der Waals surface area contributed by atoms with Gasteiger partial charge in [0.1, 0.15) is 5.82 Å². The van der Waals surface area contributed by atoms with Gasteiger partial charge < -0.3 is 16.0 Å². The number of aryl methyl sites for hydroxylation is 1. The molecule has 0 aliphatic carbocycles. The van der Waals surface area contributed by atoms with Crippen LogP contribution in [-0.2, 0) is 0 Å². The van der Waals surface area contributed by atoms with Crippen molar-refractivity contribution in [2.45, 2.75) is 25.8 Å². The number of thiophene rings is 1. The highest BCUT2D eigenvalue weighted by molar-refractivity contribution is 7.18. The van der Waals surface area contributed by atoms with Gasteiger partial charge in [-0.2, -0.15) is 0 Å². The molecule has 1 unspecified atom stereocenters. The summed E-state index contributed by atoms with van der Waals surface area (Å²) < 4.78 is 13.1. The molecule has 1 aromatic heterocycles. The molecule has 3 rings (SSSR count). The van der Waals surface area contributed by atoms with Gasteiger partial charge in [0.05, 0.1) is 20.5 Å². The number of carbonyl (C=O) groups excluding carboxylic acids is 2. The molecule has 9 heteroatoms. The number of halogens is 3. The van der Waals surface area contributed by atoms with E-state index in [1.165, 1.54) is 23.5 Å². The fraction of sp³-hybridized carbons (Fsp3) is 0.333. The van der Waals surface area contributed by atoms with Crippen molar-refractivity contribution in [1.82, 2.24) is 10.6 Å². The fourth-order valence-corrected chi connectivity index (χ4v) is 4.07. The minimum atomic E-state index is -0.505. The molecule has 1 atom stereocenters. The van der Waals surface area contributed by atoms with E-state index in [-0.39, 0.29) is 34.9 Å². The fourth-order valence-electron chi connectivity index (χ4n) is 2.85. The quantitative estimate of drug-likeness (QED) is 0.684. The number of amides is 2. The minimum absolute atomic E-state index is 0. The Morgan fingerprint density at radius 3 is 2.74 bits per heavy atom. The van der Waals surface area contributed by atoms with Gasteiger partial charge in [0.15, 0.2) is 0 Å². The van der Waals surface area contributed by atoms with E-state index in [1.807, 2.05) is 6.92 Å². The molecule has 146 valence electrons. The van der Waals surface area contributed by atoms with Gasteiger partial charge in [-0.15, -0.1) is 23.7 Å². The SMILES string of the molecule is Cc1cc(NC(=O)c2ccc(F)cc2Cl)sc1C(=O)NC1CCCNC1.Cl. The summed E-state index contributed by atoms with van der Waals surface area (Å²) in [5.41, 5.74) is 0.968. The van der Waals surface area contributed by atoms with Crippen LogP contribution in [0.25, 0.3) is 0 Å². The largest absolute Gasteiger partial charge is 0.347 e. The number of benzene rings is 1. The summed E-state index contributed by atoms with van der Waals surface area (Å²) in [6.45, 7) is 3.57. The first kappa shape index (κ1) is 21.6. The number of anilines is 1. The van der Waals surface area contributed by atoms with Crippen LogP contribution in [-0.4, -0.2) is 30.9 Å². The predicted octanol–water partition coefficient (Wildman–Crippen LogP) is 4.00. The zero-order valence-corrected chi connectivity index (χ0v) is 17.0. The molecule has 1 aliphatic rings. The Balaban J connectivity index is 0.00000261. The summed E-state index contributed by atoms with van der Waals surface area (Å²) >= 11 is 7.13. The van der Waals surface area contributed by atoms with Gasteiger partial charge in [0, 0.05) is 12.6 Å². The van der Waals surface area contributed by atoms with Crippen molar-refractivity contribution >= 4 is 52.2 Å². The number of piperidine rings is 1. The molecule has 1 aromatic carbocycles. The molecule has 3 N–H and O–H groups in total. The minimum Gasteiger partial charge on any atom is -0.347 e. The molecule has 0 bridgehead atoms. The van der Waals surface area contributed by atoms with E-state index in [9.17, 15) is 14.0 Å². The second kappa shape index (κ2) is 9.50. The maximum absolute atomic E-state index is 13.1. The monoisotopic (exact) mass is 431 g/mol. The van der Waals surface area contributed by atoms with Crippen molar-refractivity contribution < 1.29 is 14.0 Å². The summed E-state index contributed by atoms with van der Waals surface area (Å²) in [6, 6.07) is 5.46. The number of carbonyl (C=O) groups is 2. The highest BCUT2D eigenvalue weighted by atomic mass is 35.5. The van der Waals surface area contributed by atoms with E-state index in [0.717, 1.165) is 37.6 Å². The average Bonchev–Trinajstić information content (AvgIpc) is 2.96. The summed E-state index contributed by atoms with van der Waals surface area (Å²) in [4.78, 5) is 25.4. The molecule has 1 fully saturated rings. The number of hydrogen-bond acceptors (Lipinski definition) is 4. The van der Waals surface area contributed by atoms with Crippen molar-refractivity contribution in [3.8, 4) is 0 Å². The molecule has 1 aliphatic heterocycles. The first-order chi connectivity index (χ1) is 12.4. The number of hydrogen-bond donors (Lipinski definition) is 3. The Bertz CT molecular complexity index is 838. The first-order valence-corrected chi connectivity index (χ1v) is 9.52. The molecule has 0 spiro atoms. The Kier molecular flexibility index (Phi) is 7.61. The van der Waals surface area contributed by atoms with Crippen LogP contribution < -0.4 is 16.0 Å². The summed E-state index contributed by atoms with van der Waals surface area (Å²) in [7, 11) is 0. The Labute approximate surface area is 172 Å². The van der Waals surface area contributed by atoms with Gasteiger partial charge in [-0.25, -0.2) is 4.39 Å². The molecular weight excluding hydrogens is 412 g/mol. The molecule has 27 heavy (non-hydrogen) atoms. The third-order valence-corrected chi connectivity index (χ3v) is 5.63. The van der Waals surface area contributed by atoms with Crippen molar-refractivity contribution in [2.24, 2.45) is 0 Å². The molecule has 0 saturated carbocycles. The second-order valence-electron chi connectivity index (χ2n) is 6.22. The normalized spacial score (nSPS) is 16.3. The third kappa shape index (κ3) is 5.42. The second-order valence-corrected chi connectivity index (χ2v) is 7.68. The van der Waals surface area contributed by atoms with Crippen LogP contribution in [0, 0.1) is 12.7 Å². The zero-order valence-electron chi connectivity index (χ0n) is 14.6. The lowest BCUT2D eigenvalue weighted by atomic mass is 10.1. The number of rotatable bonds is 4. The number of nitrogens with one attached hydrogen (secondary N) is 3. The van der Waals surface area contributed by atoms with E-state index in [0.29, 0.717) is 9.88 Å². The van der Waals surface area contributed by atoms with Gasteiger partial charge in [-0.1, -0.05) is 11.6 Å². The van der Waals surface area contributed by atoms with Crippen LogP contribution in [0.3, 0.4) is 0 Å². The third-order valence-electron chi connectivity index (χ3n) is 4.17. The zero-order chi connectivity index (χ0) is 18.7. The molecule has 2 aromatic rings. The summed E-state index contributed by atoms with van der Waals surface area (Å²) in [5, 5.41) is 9.58. The van der Waals surface area contributed by atoms with Crippen LogP contribution in [0.4, 0.5) is 9.39 Å². The lowest BCUT2D eigenvalue weighted by molar-refractivity contribution is 0.0933. The summed E-state index contributed by atoms with van der Waals surface area (Å²) in [5.74, 6) is -1.09. The maximum Gasteiger partial charge on any atom is 0.261 e. The van der Waals surface area contributed by atoms with E-state index in [1.54, 1.807) is 6.07 Å². The van der Waals surface area contributed by atoms with Gasteiger partial charge >= 0.3 is 0 Å². The molecule has 2 heterocycles. The Morgan fingerprint density at radius 1 is 1.30 bits per heavy atom. The first-order valence-electron chi connectivity index (χ1n) is 8.32. The van der Waals surface area contributed by atoms with Crippen LogP contribution in [0.5, 0.6) is 0 Å². The van der Waals surface area contributed by atoms with E-state index in [2.05, 4.69) is 16.0 Å². The molecular formula is C18H20Cl2FN3O2S. The van der Waals surface area contributed by atoms with Crippen molar-refractivity contribution in [3.05, 3.63) is 51.1 Å². The smallest absolute Gasteiger partial charge is 0.261 e. The van der Waals surface area contributed by atoms with E-state index in [4.69, 9.17) is 11.6 Å². The van der Waals surface area contributed by atoms with Crippen LogP contribution in [0.1, 0.15) is 38.4 Å². The van der Waals surface area contributed by atoms with Crippen LogP contribution >= 0.6 is 35.3 Å². The molecule has 0 radical (unpaired) electrons. The van der Waals surface area contributed by atoms with Gasteiger partial charge in [0.2, 0.25) is 0 Å². The topological polar surface area (TPSA) is 70.2 Å². The molecule has 1 saturated heterocycles. The van der Waals surface area contributed by atoms with Gasteiger partial charge in [0.25, 0.3) is 11.8 Å². The predicted molar refractivity (Wildman–Crippen MR) is 109 cm³/mol. The van der Waals surface area contributed by atoms with E-state index >= 15 is 0 Å². The van der Waals surface area contributed by atoms with E-state index < -0.39 is 11.7 Å². The van der Waals surface area contributed by atoms with Crippen LogP contribution in [0.2, 0.25) is 5.02 Å². The van der Waals surface area contributed by atoms with Crippen molar-refractivity contribution in [3.63, 3.8) is 0 Å². The molecule has 5 nitrogen and oxygen atoms in total. The average molecular weight is 432 g/mol. The lowest BCUT2D eigenvalue weighted by Crippen LogP contribution is -2.45. The van der Waals surface area contributed by atoms with Crippen LogP contribution in [0.15, 0.2) is 24.3 Å². The maximum atomic E-state index is 13.1. The highest BCUT2D eigenvalue weighted by Crippen LogP contribution is 2.28. The van der Waals surface area contributed by atoms with Gasteiger partial charge in [-0.05, 0) is 56.1 Å². The summed E-state index contributed by atoms with van der Waals surface area (Å²) in [6.07, 6.45) is 1.99. The highest BCUT2D eigenvalue weighted by Gasteiger charge is 2.20. The van der Waals surface area contributed by atoms with Crippen molar-refractivity contribution in [2.75, 3.05) is 18.4 Å². The standard InChI is InChI=1S/C18H19ClFN3O2S.ClH/c1-10-7-15(23-17(24)13-5-4-11(20)8-14(13)19)26-16(10)18(25)22-12-3-2-6-21-9-12;/h4-5,7-8,12,21H,2-3,6,9H2,1H3,(H,22,25)(H,23,24);1H. The Morgan fingerprint density at radius 2 is 2.07 bits per heavy atom. The Hall–Kier alpha value is -1.67.